The smallest absolute Gasteiger partial charge is 0.119 e. The molecule has 1 aromatic rings. The standard InChI is InChI=1S/C16H27NO3/c1-4-9-17-13-16(20-11-6-10-18-2)14-7-5-8-15(12-14)19-3/h5,7-8,12,16-17H,4,6,9-11,13H2,1-3H3. The topological polar surface area (TPSA) is 39.7 Å². The average Bonchev–Trinajstić information content (AvgIpc) is 2.50. The minimum Gasteiger partial charge on any atom is -0.497 e. The van der Waals surface area contributed by atoms with Crippen molar-refractivity contribution in [2.24, 2.45) is 0 Å². The Kier molecular flexibility index (Phi) is 9.04. The van der Waals surface area contributed by atoms with Crippen LogP contribution in [-0.4, -0.2) is 40.5 Å². The quantitative estimate of drug-likeness (QED) is 0.633. The lowest BCUT2D eigenvalue weighted by atomic mass is 10.1. The van der Waals surface area contributed by atoms with E-state index in [0.29, 0.717) is 6.61 Å². The minimum atomic E-state index is 0.0495. The highest BCUT2D eigenvalue weighted by Gasteiger charge is 2.12. The Morgan fingerprint density at radius 2 is 2.05 bits per heavy atom. The van der Waals surface area contributed by atoms with Crippen LogP contribution in [0.2, 0.25) is 0 Å². The fourth-order valence-electron chi connectivity index (χ4n) is 1.95. The predicted molar refractivity (Wildman–Crippen MR) is 81.3 cm³/mol. The Morgan fingerprint density at radius 3 is 2.75 bits per heavy atom. The molecule has 0 radical (unpaired) electrons. The molecule has 4 heteroatoms. The maximum Gasteiger partial charge on any atom is 0.119 e. The molecule has 0 spiro atoms. The second-order valence-electron chi connectivity index (χ2n) is 4.69. The van der Waals surface area contributed by atoms with E-state index in [2.05, 4.69) is 18.3 Å². The van der Waals surface area contributed by atoms with Gasteiger partial charge in [-0.2, -0.15) is 0 Å². The van der Waals surface area contributed by atoms with Crippen LogP contribution in [0.25, 0.3) is 0 Å². The van der Waals surface area contributed by atoms with Crippen molar-refractivity contribution in [2.45, 2.75) is 25.9 Å². The largest absolute Gasteiger partial charge is 0.497 e. The molecule has 0 amide bonds. The molecule has 1 N–H and O–H groups in total. The monoisotopic (exact) mass is 281 g/mol. The van der Waals surface area contributed by atoms with Gasteiger partial charge in [-0.3, -0.25) is 0 Å². The van der Waals surface area contributed by atoms with E-state index in [-0.39, 0.29) is 6.10 Å². The molecule has 0 saturated heterocycles. The van der Waals surface area contributed by atoms with Gasteiger partial charge in [0.25, 0.3) is 0 Å². The van der Waals surface area contributed by atoms with Crippen molar-refractivity contribution in [1.82, 2.24) is 5.32 Å². The fraction of sp³-hybridized carbons (Fsp3) is 0.625. The molecule has 20 heavy (non-hydrogen) atoms. The van der Waals surface area contributed by atoms with Crippen LogP contribution in [0.5, 0.6) is 5.75 Å². The number of rotatable bonds is 11. The normalized spacial score (nSPS) is 12.3. The van der Waals surface area contributed by atoms with E-state index in [1.165, 1.54) is 0 Å². The average molecular weight is 281 g/mol. The molecule has 0 aromatic heterocycles. The molecule has 114 valence electrons. The third kappa shape index (κ3) is 6.37. The summed E-state index contributed by atoms with van der Waals surface area (Å²) >= 11 is 0. The molecule has 0 aliphatic heterocycles. The molecular weight excluding hydrogens is 254 g/mol. The molecule has 0 bridgehead atoms. The Balaban J connectivity index is 2.58. The third-order valence-corrected chi connectivity index (χ3v) is 3.03. The summed E-state index contributed by atoms with van der Waals surface area (Å²) in [6, 6.07) is 8.07. The Labute approximate surface area is 122 Å². The number of hydrogen-bond acceptors (Lipinski definition) is 4. The van der Waals surface area contributed by atoms with Gasteiger partial charge in [-0.15, -0.1) is 0 Å². The summed E-state index contributed by atoms with van der Waals surface area (Å²) in [6.45, 7) is 5.40. The molecule has 0 aliphatic rings. The Bertz CT molecular complexity index is 357. The van der Waals surface area contributed by atoms with Gasteiger partial charge >= 0.3 is 0 Å². The number of hydrogen-bond donors (Lipinski definition) is 1. The first-order valence-corrected chi connectivity index (χ1v) is 7.27. The van der Waals surface area contributed by atoms with Crippen molar-refractivity contribution in [3.05, 3.63) is 29.8 Å². The van der Waals surface area contributed by atoms with Gasteiger partial charge in [-0.05, 0) is 37.1 Å². The second kappa shape index (κ2) is 10.7. The van der Waals surface area contributed by atoms with Gasteiger partial charge < -0.3 is 19.5 Å². The summed E-state index contributed by atoms with van der Waals surface area (Å²) < 4.78 is 16.3. The lowest BCUT2D eigenvalue weighted by Gasteiger charge is -2.19. The van der Waals surface area contributed by atoms with Gasteiger partial charge in [0.15, 0.2) is 0 Å². The first kappa shape index (κ1) is 17.0. The highest BCUT2D eigenvalue weighted by molar-refractivity contribution is 5.30. The lowest BCUT2D eigenvalue weighted by Crippen LogP contribution is -2.24. The number of nitrogens with one attached hydrogen (secondary N) is 1. The first-order chi connectivity index (χ1) is 9.81. The SMILES string of the molecule is CCCNCC(OCCCOC)c1cccc(OC)c1. The summed E-state index contributed by atoms with van der Waals surface area (Å²) in [4.78, 5) is 0. The number of methoxy groups -OCH3 is 2. The van der Waals surface area contributed by atoms with Crippen molar-refractivity contribution in [1.29, 1.82) is 0 Å². The van der Waals surface area contributed by atoms with Crippen LogP contribution in [0.1, 0.15) is 31.4 Å². The van der Waals surface area contributed by atoms with Crippen LogP contribution in [0, 0.1) is 0 Å². The van der Waals surface area contributed by atoms with Crippen molar-refractivity contribution in [2.75, 3.05) is 40.5 Å². The van der Waals surface area contributed by atoms with E-state index in [1.807, 2.05) is 18.2 Å². The molecule has 1 atom stereocenters. The first-order valence-electron chi connectivity index (χ1n) is 7.27. The van der Waals surface area contributed by atoms with E-state index in [1.54, 1.807) is 14.2 Å². The van der Waals surface area contributed by atoms with Gasteiger partial charge in [-0.25, -0.2) is 0 Å². The second-order valence-corrected chi connectivity index (χ2v) is 4.69. The molecule has 1 unspecified atom stereocenters. The van der Waals surface area contributed by atoms with Crippen molar-refractivity contribution < 1.29 is 14.2 Å². The Hall–Kier alpha value is -1.10. The van der Waals surface area contributed by atoms with Crippen LogP contribution in [0.3, 0.4) is 0 Å². The van der Waals surface area contributed by atoms with E-state index in [0.717, 1.165) is 43.9 Å². The van der Waals surface area contributed by atoms with E-state index < -0.39 is 0 Å². The summed E-state index contributed by atoms with van der Waals surface area (Å²) in [5, 5.41) is 3.41. The molecule has 0 heterocycles. The molecule has 0 aliphatic carbocycles. The van der Waals surface area contributed by atoms with Crippen molar-refractivity contribution in [3.63, 3.8) is 0 Å². The van der Waals surface area contributed by atoms with Crippen LogP contribution in [0.15, 0.2) is 24.3 Å². The van der Waals surface area contributed by atoms with Gasteiger partial charge in [0.1, 0.15) is 5.75 Å². The summed E-state index contributed by atoms with van der Waals surface area (Å²) in [5.74, 6) is 0.864. The zero-order chi connectivity index (χ0) is 14.6. The van der Waals surface area contributed by atoms with E-state index >= 15 is 0 Å². The fourth-order valence-corrected chi connectivity index (χ4v) is 1.95. The van der Waals surface area contributed by atoms with Gasteiger partial charge in [0.2, 0.25) is 0 Å². The summed E-state index contributed by atoms with van der Waals surface area (Å²) in [7, 11) is 3.39. The molecule has 1 aromatic carbocycles. The number of benzene rings is 1. The van der Waals surface area contributed by atoms with Crippen LogP contribution in [0.4, 0.5) is 0 Å². The lowest BCUT2D eigenvalue weighted by molar-refractivity contribution is 0.0388. The molecule has 1 rings (SSSR count). The third-order valence-electron chi connectivity index (χ3n) is 3.03. The molecule has 0 fully saturated rings. The summed E-state index contributed by atoms with van der Waals surface area (Å²) in [6.07, 6.45) is 2.08. The maximum absolute atomic E-state index is 5.98. The summed E-state index contributed by atoms with van der Waals surface area (Å²) in [5.41, 5.74) is 1.14. The molecular formula is C16H27NO3. The zero-order valence-electron chi connectivity index (χ0n) is 12.9. The highest BCUT2D eigenvalue weighted by atomic mass is 16.5. The minimum absolute atomic E-state index is 0.0495. The van der Waals surface area contributed by atoms with E-state index in [4.69, 9.17) is 14.2 Å². The van der Waals surface area contributed by atoms with Crippen molar-refractivity contribution >= 4 is 0 Å². The van der Waals surface area contributed by atoms with Gasteiger partial charge in [-0.1, -0.05) is 19.1 Å². The van der Waals surface area contributed by atoms with Gasteiger partial charge in [0, 0.05) is 26.9 Å². The predicted octanol–water partition coefficient (Wildman–Crippen LogP) is 2.79. The van der Waals surface area contributed by atoms with Crippen LogP contribution < -0.4 is 10.1 Å². The number of ether oxygens (including phenoxy) is 3. The van der Waals surface area contributed by atoms with Crippen molar-refractivity contribution in [3.8, 4) is 5.75 Å². The van der Waals surface area contributed by atoms with Crippen LogP contribution >= 0.6 is 0 Å². The molecule has 4 nitrogen and oxygen atoms in total. The molecule has 0 saturated carbocycles. The van der Waals surface area contributed by atoms with Gasteiger partial charge in [0.05, 0.1) is 13.2 Å². The Morgan fingerprint density at radius 1 is 1.20 bits per heavy atom. The zero-order valence-corrected chi connectivity index (χ0v) is 12.9. The maximum atomic E-state index is 5.98. The highest BCUT2D eigenvalue weighted by Crippen LogP contribution is 2.21. The van der Waals surface area contributed by atoms with E-state index in [9.17, 15) is 0 Å². The van der Waals surface area contributed by atoms with Crippen LogP contribution in [-0.2, 0) is 9.47 Å².